The summed E-state index contributed by atoms with van der Waals surface area (Å²) in [5, 5.41) is 3.33. The van der Waals surface area contributed by atoms with E-state index in [-0.39, 0.29) is 0 Å². The van der Waals surface area contributed by atoms with Crippen molar-refractivity contribution in [1.29, 1.82) is 0 Å². The molecule has 1 aromatic heterocycles. The molecule has 1 fully saturated rings. The number of furan rings is 1. The molecule has 0 atom stereocenters. The van der Waals surface area contributed by atoms with Gasteiger partial charge >= 0.3 is 0 Å². The van der Waals surface area contributed by atoms with Crippen LogP contribution in [-0.4, -0.2) is 24.0 Å². The van der Waals surface area contributed by atoms with Gasteiger partial charge in [0.25, 0.3) is 0 Å². The van der Waals surface area contributed by atoms with E-state index in [1.54, 1.807) is 0 Å². The summed E-state index contributed by atoms with van der Waals surface area (Å²) in [5.74, 6) is 1.89. The van der Waals surface area contributed by atoms with Gasteiger partial charge in [-0.1, -0.05) is 20.8 Å². The fourth-order valence-corrected chi connectivity index (χ4v) is 2.33. The molecule has 3 heteroatoms. The third-order valence-corrected chi connectivity index (χ3v) is 3.70. The number of hydrogen-bond donors (Lipinski definition) is 1. The van der Waals surface area contributed by atoms with Crippen LogP contribution in [0, 0.1) is 5.92 Å². The van der Waals surface area contributed by atoms with E-state index < -0.39 is 0 Å². The van der Waals surface area contributed by atoms with Crippen LogP contribution in [0.5, 0.6) is 0 Å². The van der Waals surface area contributed by atoms with Crippen molar-refractivity contribution in [3.8, 4) is 0 Å². The lowest BCUT2D eigenvalue weighted by atomic mass is 10.1. The maximum atomic E-state index is 5.70. The topological polar surface area (TPSA) is 28.4 Å². The molecular weight excluding hydrogens is 236 g/mol. The van der Waals surface area contributed by atoms with E-state index in [2.05, 4.69) is 37.1 Å². The van der Waals surface area contributed by atoms with Crippen molar-refractivity contribution in [3.05, 3.63) is 23.7 Å². The van der Waals surface area contributed by atoms with Crippen molar-refractivity contribution in [2.24, 2.45) is 5.92 Å². The molecule has 108 valence electrons. The zero-order valence-electron chi connectivity index (χ0n) is 12.6. The van der Waals surface area contributed by atoms with E-state index in [1.165, 1.54) is 31.4 Å². The number of hydrogen-bond acceptors (Lipinski definition) is 3. The normalized spacial score (nSPS) is 15.6. The summed E-state index contributed by atoms with van der Waals surface area (Å²) in [6, 6.07) is 3.01. The molecule has 1 heterocycles. The zero-order chi connectivity index (χ0) is 13.7. The second kappa shape index (κ2) is 7.11. The molecule has 2 rings (SSSR count). The second-order valence-electron chi connectivity index (χ2n) is 6.09. The molecule has 0 radical (unpaired) electrons. The predicted octanol–water partition coefficient (Wildman–Crippen LogP) is 3.40. The first kappa shape index (κ1) is 14.6. The van der Waals surface area contributed by atoms with Gasteiger partial charge < -0.3 is 9.73 Å². The van der Waals surface area contributed by atoms with Crippen LogP contribution in [0.4, 0.5) is 0 Å². The molecule has 3 nitrogen and oxygen atoms in total. The van der Waals surface area contributed by atoms with Crippen molar-refractivity contribution in [1.82, 2.24) is 10.2 Å². The van der Waals surface area contributed by atoms with Gasteiger partial charge in [-0.05, 0) is 44.3 Å². The van der Waals surface area contributed by atoms with E-state index in [1.807, 2.05) is 6.26 Å². The summed E-state index contributed by atoms with van der Waals surface area (Å²) < 4.78 is 5.70. The van der Waals surface area contributed by atoms with Crippen molar-refractivity contribution >= 4 is 0 Å². The monoisotopic (exact) mass is 264 g/mol. The molecule has 1 aliphatic carbocycles. The summed E-state index contributed by atoms with van der Waals surface area (Å²) in [6.07, 6.45) is 5.90. The van der Waals surface area contributed by atoms with Gasteiger partial charge in [-0.3, -0.25) is 4.90 Å². The van der Waals surface area contributed by atoms with Crippen molar-refractivity contribution in [2.45, 2.75) is 59.2 Å². The first-order valence-electron chi connectivity index (χ1n) is 7.70. The SMILES string of the molecule is CCNCc1coc(CN(CCC(C)C)C2CC2)c1. The molecule has 0 spiro atoms. The summed E-state index contributed by atoms with van der Waals surface area (Å²) >= 11 is 0. The lowest BCUT2D eigenvalue weighted by molar-refractivity contribution is 0.221. The summed E-state index contributed by atoms with van der Waals surface area (Å²) in [6.45, 7) is 10.8. The Balaban J connectivity index is 1.84. The van der Waals surface area contributed by atoms with Crippen LogP contribution in [0.1, 0.15) is 51.4 Å². The largest absolute Gasteiger partial charge is 0.468 e. The maximum absolute atomic E-state index is 5.70. The molecule has 19 heavy (non-hydrogen) atoms. The van der Waals surface area contributed by atoms with Gasteiger partial charge in [-0.2, -0.15) is 0 Å². The third-order valence-electron chi connectivity index (χ3n) is 3.70. The van der Waals surface area contributed by atoms with Crippen LogP contribution in [0.25, 0.3) is 0 Å². The summed E-state index contributed by atoms with van der Waals surface area (Å²) in [7, 11) is 0. The minimum absolute atomic E-state index is 0.780. The lowest BCUT2D eigenvalue weighted by Crippen LogP contribution is -2.27. The van der Waals surface area contributed by atoms with Gasteiger partial charge in [-0.25, -0.2) is 0 Å². The number of nitrogens with zero attached hydrogens (tertiary/aromatic N) is 1. The Morgan fingerprint density at radius 2 is 2.21 bits per heavy atom. The Morgan fingerprint density at radius 3 is 2.84 bits per heavy atom. The van der Waals surface area contributed by atoms with E-state index in [0.29, 0.717) is 0 Å². The Kier molecular flexibility index (Phi) is 5.46. The van der Waals surface area contributed by atoms with Gasteiger partial charge in [0.2, 0.25) is 0 Å². The molecule has 0 aliphatic heterocycles. The fraction of sp³-hybridized carbons (Fsp3) is 0.750. The highest BCUT2D eigenvalue weighted by Gasteiger charge is 2.29. The van der Waals surface area contributed by atoms with Gasteiger partial charge in [0, 0.05) is 18.2 Å². The molecular formula is C16H28N2O. The average molecular weight is 264 g/mol. The standard InChI is InChI=1S/C16H28N2O/c1-4-17-10-14-9-16(19-12-14)11-18(15-5-6-15)8-7-13(2)3/h9,12-13,15,17H,4-8,10-11H2,1-3H3. The first-order valence-corrected chi connectivity index (χ1v) is 7.70. The van der Waals surface area contributed by atoms with E-state index >= 15 is 0 Å². The molecule has 0 aromatic carbocycles. The van der Waals surface area contributed by atoms with Crippen molar-refractivity contribution < 1.29 is 4.42 Å². The summed E-state index contributed by atoms with van der Waals surface area (Å²) in [5.41, 5.74) is 1.26. The first-order chi connectivity index (χ1) is 9.19. The van der Waals surface area contributed by atoms with E-state index in [4.69, 9.17) is 4.42 Å². The molecule has 1 N–H and O–H groups in total. The van der Waals surface area contributed by atoms with Gasteiger partial charge in [0.05, 0.1) is 12.8 Å². The number of nitrogens with one attached hydrogen (secondary N) is 1. The van der Waals surface area contributed by atoms with Crippen LogP contribution in [-0.2, 0) is 13.1 Å². The van der Waals surface area contributed by atoms with Gasteiger partial charge in [-0.15, -0.1) is 0 Å². The van der Waals surface area contributed by atoms with Crippen LogP contribution < -0.4 is 5.32 Å². The highest BCUT2D eigenvalue weighted by Crippen LogP contribution is 2.29. The molecule has 0 bridgehead atoms. The highest BCUT2D eigenvalue weighted by atomic mass is 16.3. The van der Waals surface area contributed by atoms with Gasteiger partial charge in [0.1, 0.15) is 5.76 Å². The number of rotatable bonds is 9. The third kappa shape index (κ3) is 5.00. The fourth-order valence-electron chi connectivity index (χ4n) is 2.33. The predicted molar refractivity (Wildman–Crippen MR) is 79.0 cm³/mol. The van der Waals surface area contributed by atoms with E-state index in [0.717, 1.165) is 37.4 Å². The Hall–Kier alpha value is -0.800. The van der Waals surface area contributed by atoms with E-state index in [9.17, 15) is 0 Å². The zero-order valence-corrected chi connectivity index (χ0v) is 12.6. The van der Waals surface area contributed by atoms with Crippen LogP contribution in [0.3, 0.4) is 0 Å². The van der Waals surface area contributed by atoms with Crippen molar-refractivity contribution in [2.75, 3.05) is 13.1 Å². The molecule has 0 unspecified atom stereocenters. The smallest absolute Gasteiger partial charge is 0.118 e. The minimum atomic E-state index is 0.780. The maximum Gasteiger partial charge on any atom is 0.118 e. The van der Waals surface area contributed by atoms with Crippen LogP contribution in [0.2, 0.25) is 0 Å². The Bertz CT molecular complexity index is 369. The van der Waals surface area contributed by atoms with Crippen LogP contribution >= 0.6 is 0 Å². The molecule has 1 aromatic rings. The van der Waals surface area contributed by atoms with Crippen molar-refractivity contribution in [3.63, 3.8) is 0 Å². The molecule has 0 saturated heterocycles. The van der Waals surface area contributed by atoms with Gasteiger partial charge in [0.15, 0.2) is 0 Å². The molecule has 1 aliphatic rings. The molecule has 1 saturated carbocycles. The molecule has 0 amide bonds. The quantitative estimate of drug-likeness (QED) is 0.741. The lowest BCUT2D eigenvalue weighted by Gasteiger charge is -2.21. The Labute approximate surface area is 117 Å². The summed E-state index contributed by atoms with van der Waals surface area (Å²) in [4.78, 5) is 2.59. The second-order valence-corrected chi connectivity index (χ2v) is 6.09. The average Bonchev–Trinajstić information content (AvgIpc) is 3.13. The van der Waals surface area contributed by atoms with Crippen LogP contribution in [0.15, 0.2) is 16.7 Å². The Morgan fingerprint density at radius 1 is 1.42 bits per heavy atom. The highest BCUT2D eigenvalue weighted by molar-refractivity contribution is 5.13. The minimum Gasteiger partial charge on any atom is -0.468 e.